The van der Waals surface area contributed by atoms with E-state index in [1.807, 2.05) is 49.4 Å². The Morgan fingerprint density at radius 3 is 2.61 bits per heavy atom. The number of carbonyl (C=O) groups is 1. The summed E-state index contributed by atoms with van der Waals surface area (Å²) in [5.74, 6) is -0.0524. The minimum Gasteiger partial charge on any atom is -0.380 e. The molecule has 2 rings (SSSR count). The van der Waals surface area contributed by atoms with Crippen LogP contribution in [0, 0.1) is 0 Å². The van der Waals surface area contributed by atoms with E-state index in [4.69, 9.17) is 17.3 Å². The van der Waals surface area contributed by atoms with Crippen molar-refractivity contribution in [1.29, 1.82) is 0 Å². The maximum atomic E-state index is 11.8. The summed E-state index contributed by atoms with van der Waals surface area (Å²) in [5, 5.41) is 6.70. The zero-order chi connectivity index (χ0) is 16.7. The molecule has 0 saturated heterocycles. The van der Waals surface area contributed by atoms with Gasteiger partial charge in [0.05, 0.1) is 10.7 Å². The monoisotopic (exact) mass is 331 g/mol. The summed E-state index contributed by atoms with van der Waals surface area (Å²) in [5.41, 5.74) is 8.35. The van der Waals surface area contributed by atoms with Gasteiger partial charge in [-0.05, 0) is 37.1 Å². The van der Waals surface area contributed by atoms with Gasteiger partial charge in [0, 0.05) is 24.7 Å². The number of halogens is 1. The Morgan fingerprint density at radius 1 is 1.22 bits per heavy atom. The molecule has 0 spiro atoms. The molecule has 1 atom stereocenters. The third-order valence-corrected chi connectivity index (χ3v) is 3.72. The maximum absolute atomic E-state index is 11.8. The molecule has 2 aromatic carbocycles. The molecule has 0 aliphatic heterocycles. The number of carbonyl (C=O) groups excluding carboxylic acids is 1. The fourth-order valence-electron chi connectivity index (χ4n) is 2.11. The zero-order valence-electron chi connectivity index (χ0n) is 13.2. The second-order valence-corrected chi connectivity index (χ2v) is 6.01. The van der Waals surface area contributed by atoms with Crippen molar-refractivity contribution in [2.24, 2.45) is 5.73 Å². The van der Waals surface area contributed by atoms with Gasteiger partial charge in [0.15, 0.2) is 0 Å². The van der Waals surface area contributed by atoms with Crippen LogP contribution in [0.5, 0.6) is 0 Å². The number of rotatable bonds is 7. The third-order valence-electron chi connectivity index (χ3n) is 3.41. The molecule has 0 saturated carbocycles. The first kappa shape index (κ1) is 17.3. The number of anilines is 2. The van der Waals surface area contributed by atoms with Gasteiger partial charge in [0.1, 0.15) is 0 Å². The van der Waals surface area contributed by atoms with Gasteiger partial charge in [-0.3, -0.25) is 4.79 Å². The van der Waals surface area contributed by atoms with Gasteiger partial charge in [0.25, 0.3) is 0 Å². The van der Waals surface area contributed by atoms with Gasteiger partial charge in [0.2, 0.25) is 5.91 Å². The Hall–Kier alpha value is -2.04. The molecular weight excluding hydrogens is 310 g/mol. The van der Waals surface area contributed by atoms with Gasteiger partial charge in [-0.25, -0.2) is 0 Å². The first-order valence-corrected chi connectivity index (χ1v) is 8.05. The van der Waals surface area contributed by atoms with E-state index in [1.165, 1.54) is 5.56 Å². The van der Waals surface area contributed by atoms with Gasteiger partial charge in [-0.1, -0.05) is 41.9 Å². The number of nitrogens with one attached hydrogen (secondary N) is 2. The molecule has 0 aliphatic carbocycles. The minimum absolute atomic E-state index is 0.0221. The summed E-state index contributed by atoms with van der Waals surface area (Å²) in [6.45, 7) is 2.58. The fraction of sp³-hybridized carbons (Fsp3) is 0.278. The van der Waals surface area contributed by atoms with Gasteiger partial charge in [-0.15, -0.1) is 0 Å². The van der Waals surface area contributed by atoms with E-state index in [0.29, 0.717) is 30.1 Å². The quantitative estimate of drug-likeness (QED) is 0.718. The van der Waals surface area contributed by atoms with Crippen molar-refractivity contribution >= 4 is 28.9 Å². The van der Waals surface area contributed by atoms with Crippen LogP contribution in [0.1, 0.15) is 25.3 Å². The topological polar surface area (TPSA) is 67.2 Å². The lowest BCUT2D eigenvalue weighted by molar-refractivity contribution is -0.116. The molecule has 4 nitrogen and oxygen atoms in total. The number of hydrogen-bond donors (Lipinski definition) is 3. The number of hydrogen-bond acceptors (Lipinski definition) is 3. The molecule has 2 aromatic rings. The largest absolute Gasteiger partial charge is 0.380 e. The summed E-state index contributed by atoms with van der Waals surface area (Å²) in [6.07, 6.45) is 1.07. The molecule has 0 radical (unpaired) electrons. The van der Waals surface area contributed by atoms with Crippen molar-refractivity contribution in [1.82, 2.24) is 0 Å². The average Bonchev–Trinajstić information content (AvgIpc) is 2.53. The van der Waals surface area contributed by atoms with E-state index in [0.717, 1.165) is 5.69 Å². The van der Waals surface area contributed by atoms with E-state index in [-0.39, 0.29) is 11.9 Å². The lowest BCUT2D eigenvalue weighted by atomic mass is 10.2. The summed E-state index contributed by atoms with van der Waals surface area (Å²) >= 11 is 6.27. The normalized spacial score (nSPS) is 11.8. The number of nitrogens with two attached hydrogens (primary N) is 1. The van der Waals surface area contributed by atoms with Gasteiger partial charge in [-0.2, -0.15) is 0 Å². The van der Waals surface area contributed by atoms with Crippen LogP contribution in [0.2, 0.25) is 5.02 Å². The molecule has 0 aliphatic rings. The highest BCUT2D eigenvalue weighted by molar-refractivity contribution is 6.33. The lowest BCUT2D eigenvalue weighted by Crippen LogP contribution is -2.19. The molecule has 4 N–H and O–H groups in total. The van der Waals surface area contributed by atoms with Crippen molar-refractivity contribution in [3.8, 4) is 0 Å². The lowest BCUT2D eigenvalue weighted by Gasteiger charge is -2.11. The van der Waals surface area contributed by atoms with Crippen LogP contribution < -0.4 is 16.4 Å². The predicted molar refractivity (Wildman–Crippen MR) is 96.7 cm³/mol. The van der Waals surface area contributed by atoms with Crippen molar-refractivity contribution in [3.05, 3.63) is 59.1 Å². The Kier molecular flexibility index (Phi) is 6.44. The van der Waals surface area contributed by atoms with E-state index in [1.54, 1.807) is 6.07 Å². The highest BCUT2D eigenvalue weighted by atomic mass is 35.5. The number of benzene rings is 2. The Balaban J connectivity index is 1.91. The van der Waals surface area contributed by atoms with Crippen LogP contribution in [0.4, 0.5) is 11.4 Å². The summed E-state index contributed by atoms with van der Waals surface area (Å²) < 4.78 is 0. The molecule has 0 bridgehead atoms. The molecule has 1 unspecified atom stereocenters. The summed E-state index contributed by atoms with van der Waals surface area (Å²) in [6, 6.07) is 15.6. The van der Waals surface area contributed by atoms with Crippen LogP contribution in [0.3, 0.4) is 0 Å². The second-order valence-electron chi connectivity index (χ2n) is 5.60. The fourth-order valence-corrected chi connectivity index (χ4v) is 2.36. The molecular formula is C18H22ClN3O. The number of amides is 1. The van der Waals surface area contributed by atoms with Crippen LogP contribution in [-0.4, -0.2) is 11.9 Å². The van der Waals surface area contributed by atoms with Crippen molar-refractivity contribution < 1.29 is 4.79 Å². The zero-order valence-corrected chi connectivity index (χ0v) is 13.9. The van der Waals surface area contributed by atoms with E-state index in [9.17, 15) is 4.79 Å². The first-order chi connectivity index (χ1) is 11.0. The van der Waals surface area contributed by atoms with Crippen LogP contribution in [0.15, 0.2) is 48.5 Å². The molecule has 23 heavy (non-hydrogen) atoms. The first-order valence-electron chi connectivity index (χ1n) is 7.67. The van der Waals surface area contributed by atoms with Crippen LogP contribution in [-0.2, 0) is 11.3 Å². The van der Waals surface area contributed by atoms with Gasteiger partial charge < -0.3 is 16.4 Å². The van der Waals surface area contributed by atoms with Crippen LogP contribution in [0.25, 0.3) is 0 Å². The Labute approximate surface area is 142 Å². The standard InChI is InChI=1S/C18H22ClN3O/c1-13(20)7-10-18(23)22-15-8-9-17(16(19)11-15)21-12-14-5-3-2-4-6-14/h2-6,8-9,11,13,21H,7,10,12,20H2,1H3,(H,22,23). The van der Waals surface area contributed by atoms with Gasteiger partial charge >= 0.3 is 0 Å². The molecule has 1 amide bonds. The Morgan fingerprint density at radius 2 is 1.96 bits per heavy atom. The molecule has 5 heteroatoms. The van der Waals surface area contributed by atoms with E-state index >= 15 is 0 Å². The smallest absolute Gasteiger partial charge is 0.224 e. The average molecular weight is 332 g/mol. The van der Waals surface area contributed by atoms with Crippen molar-refractivity contribution in [2.45, 2.75) is 32.4 Å². The second kappa shape index (κ2) is 8.56. The van der Waals surface area contributed by atoms with E-state index < -0.39 is 0 Å². The predicted octanol–water partition coefficient (Wildman–Crippen LogP) is 4.02. The molecule has 0 heterocycles. The van der Waals surface area contributed by atoms with E-state index in [2.05, 4.69) is 10.6 Å². The summed E-state index contributed by atoms with van der Waals surface area (Å²) in [4.78, 5) is 11.8. The Bertz CT molecular complexity index is 644. The molecule has 0 fully saturated rings. The SMILES string of the molecule is CC(N)CCC(=O)Nc1ccc(NCc2ccccc2)c(Cl)c1. The third kappa shape index (κ3) is 5.93. The molecule has 0 aromatic heterocycles. The highest BCUT2D eigenvalue weighted by Crippen LogP contribution is 2.26. The van der Waals surface area contributed by atoms with Crippen LogP contribution >= 0.6 is 11.6 Å². The van der Waals surface area contributed by atoms with Crippen molar-refractivity contribution in [3.63, 3.8) is 0 Å². The maximum Gasteiger partial charge on any atom is 0.224 e. The minimum atomic E-state index is -0.0524. The molecule has 122 valence electrons. The summed E-state index contributed by atoms with van der Waals surface area (Å²) in [7, 11) is 0. The van der Waals surface area contributed by atoms with Crippen molar-refractivity contribution in [2.75, 3.05) is 10.6 Å². The highest BCUT2D eigenvalue weighted by Gasteiger charge is 2.06.